The maximum Gasteiger partial charge on any atom is 0.261 e. The Morgan fingerprint density at radius 1 is 1.00 bits per heavy atom. The topological polar surface area (TPSA) is 58.6 Å². The zero-order valence-corrected chi connectivity index (χ0v) is 19.8. The third kappa shape index (κ3) is 6.59. The standard InChI is InChI=1S/C27H36N2O3/c1-19-11-14-23(15-12-19)17-29(22(4)27(31)28-24-8-6-5-7-9-24)26(30)18-32-25-16-20(2)10-13-21(25)3/h10-16,22,24H,5-9,17-18H2,1-4H3,(H,28,31). The molecule has 3 rings (SSSR count). The molecule has 32 heavy (non-hydrogen) atoms. The first-order valence-electron chi connectivity index (χ1n) is 11.7. The Balaban J connectivity index is 1.72. The van der Waals surface area contributed by atoms with Gasteiger partial charge in [0.15, 0.2) is 6.61 Å². The van der Waals surface area contributed by atoms with E-state index in [2.05, 4.69) is 5.32 Å². The van der Waals surface area contributed by atoms with Crippen LogP contribution in [0.5, 0.6) is 5.75 Å². The van der Waals surface area contributed by atoms with Gasteiger partial charge in [0.1, 0.15) is 11.8 Å². The van der Waals surface area contributed by atoms with Crippen molar-refractivity contribution < 1.29 is 14.3 Å². The van der Waals surface area contributed by atoms with Crippen molar-refractivity contribution in [1.82, 2.24) is 10.2 Å². The Labute approximate surface area is 192 Å². The molecule has 0 saturated heterocycles. The Morgan fingerprint density at radius 3 is 2.34 bits per heavy atom. The number of nitrogens with one attached hydrogen (secondary N) is 1. The van der Waals surface area contributed by atoms with Gasteiger partial charge in [-0.25, -0.2) is 0 Å². The van der Waals surface area contributed by atoms with Crippen LogP contribution in [0.1, 0.15) is 61.3 Å². The van der Waals surface area contributed by atoms with E-state index in [0.29, 0.717) is 12.3 Å². The van der Waals surface area contributed by atoms with Crippen molar-refractivity contribution in [3.63, 3.8) is 0 Å². The van der Waals surface area contributed by atoms with Crippen molar-refractivity contribution in [2.75, 3.05) is 6.61 Å². The van der Waals surface area contributed by atoms with Crippen LogP contribution in [0.15, 0.2) is 42.5 Å². The van der Waals surface area contributed by atoms with Gasteiger partial charge in [-0.15, -0.1) is 0 Å². The molecule has 0 aliphatic heterocycles. The molecule has 0 radical (unpaired) electrons. The minimum atomic E-state index is -0.576. The molecule has 2 aromatic carbocycles. The van der Waals surface area contributed by atoms with Gasteiger partial charge in [0.05, 0.1) is 0 Å². The Morgan fingerprint density at radius 2 is 1.66 bits per heavy atom. The summed E-state index contributed by atoms with van der Waals surface area (Å²) in [5, 5.41) is 3.17. The lowest BCUT2D eigenvalue weighted by Crippen LogP contribution is -2.51. The summed E-state index contributed by atoms with van der Waals surface area (Å²) in [5.74, 6) is 0.412. The van der Waals surface area contributed by atoms with Gasteiger partial charge in [0.25, 0.3) is 5.91 Å². The number of rotatable bonds is 8. The number of amides is 2. The fourth-order valence-corrected chi connectivity index (χ4v) is 4.13. The Hall–Kier alpha value is -2.82. The van der Waals surface area contributed by atoms with Crippen molar-refractivity contribution in [3.8, 4) is 5.75 Å². The predicted molar refractivity (Wildman–Crippen MR) is 128 cm³/mol. The third-order valence-corrected chi connectivity index (χ3v) is 6.29. The van der Waals surface area contributed by atoms with Crippen molar-refractivity contribution in [2.24, 2.45) is 0 Å². The second-order valence-electron chi connectivity index (χ2n) is 9.08. The first kappa shape index (κ1) is 23.8. The number of carbonyl (C=O) groups excluding carboxylic acids is 2. The van der Waals surface area contributed by atoms with Crippen LogP contribution in [0, 0.1) is 20.8 Å². The molecule has 1 N–H and O–H groups in total. The van der Waals surface area contributed by atoms with Crippen LogP contribution in [0.2, 0.25) is 0 Å². The lowest BCUT2D eigenvalue weighted by atomic mass is 9.95. The largest absolute Gasteiger partial charge is 0.483 e. The Kier molecular flexibility index (Phi) is 8.32. The number of carbonyl (C=O) groups is 2. The van der Waals surface area contributed by atoms with E-state index in [-0.39, 0.29) is 24.5 Å². The monoisotopic (exact) mass is 436 g/mol. The smallest absolute Gasteiger partial charge is 0.261 e. The summed E-state index contributed by atoms with van der Waals surface area (Å²) in [5.41, 5.74) is 4.22. The van der Waals surface area contributed by atoms with Crippen LogP contribution in [0.4, 0.5) is 0 Å². The van der Waals surface area contributed by atoms with E-state index in [1.165, 1.54) is 6.42 Å². The predicted octanol–water partition coefficient (Wildman–Crippen LogP) is 4.86. The van der Waals surface area contributed by atoms with E-state index in [4.69, 9.17) is 4.74 Å². The zero-order valence-electron chi connectivity index (χ0n) is 19.8. The number of nitrogens with zero attached hydrogens (tertiary/aromatic N) is 1. The SMILES string of the molecule is Cc1ccc(CN(C(=O)COc2cc(C)ccc2C)C(C)C(=O)NC2CCCCC2)cc1. The van der Waals surface area contributed by atoms with Gasteiger partial charge in [-0.2, -0.15) is 0 Å². The molecule has 2 aromatic rings. The number of aryl methyl sites for hydroxylation is 3. The lowest BCUT2D eigenvalue weighted by molar-refractivity contribution is -0.142. The number of ether oxygens (including phenoxy) is 1. The van der Waals surface area contributed by atoms with E-state index in [1.807, 2.05) is 70.2 Å². The summed E-state index contributed by atoms with van der Waals surface area (Å²) < 4.78 is 5.87. The lowest BCUT2D eigenvalue weighted by Gasteiger charge is -2.31. The van der Waals surface area contributed by atoms with Crippen LogP contribution in [0.3, 0.4) is 0 Å². The molecule has 1 aliphatic carbocycles. The van der Waals surface area contributed by atoms with Crippen molar-refractivity contribution in [2.45, 2.75) is 78.4 Å². The van der Waals surface area contributed by atoms with Crippen molar-refractivity contribution in [1.29, 1.82) is 0 Å². The minimum Gasteiger partial charge on any atom is -0.483 e. The molecule has 5 heteroatoms. The fourth-order valence-electron chi connectivity index (χ4n) is 4.13. The molecule has 2 amide bonds. The fraction of sp³-hybridized carbons (Fsp3) is 0.481. The molecular weight excluding hydrogens is 400 g/mol. The van der Waals surface area contributed by atoms with Gasteiger partial charge < -0.3 is 15.0 Å². The molecule has 172 valence electrons. The van der Waals surface area contributed by atoms with Gasteiger partial charge in [0.2, 0.25) is 5.91 Å². The highest BCUT2D eigenvalue weighted by molar-refractivity contribution is 5.88. The molecule has 1 saturated carbocycles. The Bertz CT molecular complexity index is 917. The van der Waals surface area contributed by atoms with Gasteiger partial charge in [0, 0.05) is 12.6 Å². The van der Waals surface area contributed by atoms with Crippen LogP contribution in [-0.4, -0.2) is 35.4 Å². The van der Waals surface area contributed by atoms with Crippen LogP contribution in [0.25, 0.3) is 0 Å². The first-order chi connectivity index (χ1) is 15.3. The third-order valence-electron chi connectivity index (χ3n) is 6.29. The maximum absolute atomic E-state index is 13.2. The average molecular weight is 437 g/mol. The molecule has 1 unspecified atom stereocenters. The zero-order chi connectivity index (χ0) is 23.1. The molecule has 1 fully saturated rings. The summed E-state index contributed by atoms with van der Waals surface area (Å²) in [6.07, 6.45) is 5.56. The maximum atomic E-state index is 13.2. The second kappa shape index (κ2) is 11.2. The number of hydrogen-bond donors (Lipinski definition) is 1. The summed E-state index contributed by atoms with van der Waals surface area (Å²) in [4.78, 5) is 27.9. The summed E-state index contributed by atoms with van der Waals surface area (Å²) in [6, 6.07) is 13.6. The highest BCUT2D eigenvalue weighted by atomic mass is 16.5. The van der Waals surface area contributed by atoms with E-state index in [9.17, 15) is 9.59 Å². The van der Waals surface area contributed by atoms with E-state index in [1.54, 1.807) is 4.90 Å². The van der Waals surface area contributed by atoms with Gasteiger partial charge in [-0.05, 0) is 63.3 Å². The molecule has 1 aliphatic rings. The van der Waals surface area contributed by atoms with E-state index >= 15 is 0 Å². The van der Waals surface area contributed by atoms with E-state index < -0.39 is 6.04 Å². The molecule has 0 aromatic heterocycles. The normalized spacial score (nSPS) is 15.1. The molecule has 0 bridgehead atoms. The summed E-state index contributed by atoms with van der Waals surface area (Å²) in [6.45, 7) is 8.07. The van der Waals surface area contributed by atoms with E-state index in [0.717, 1.165) is 47.9 Å². The number of benzene rings is 2. The highest BCUT2D eigenvalue weighted by Crippen LogP contribution is 2.20. The molecule has 0 spiro atoms. The minimum absolute atomic E-state index is 0.0934. The first-order valence-corrected chi connectivity index (χ1v) is 11.7. The van der Waals surface area contributed by atoms with Crippen molar-refractivity contribution in [3.05, 3.63) is 64.7 Å². The second-order valence-corrected chi connectivity index (χ2v) is 9.08. The van der Waals surface area contributed by atoms with Crippen molar-refractivity contribution >= 4 is 11.8 Å². The molecule has 0 heterocycles. The molecule has 5 nitrogen and oxygen atoms in total. The van der Waals surface area contributed by atoms with Gasteiger partial charge >= 0.3 is 0 Å². The average Bonchev–Trinajstić information content (AvgIpc) is 2.79. The summed E-state index contributed by atoms with van der Waals surface area (Å²) in [7, 11) is 0. The van der Waals surface area contributed by atoms with Crippen LogP contribution < -0.4 is 10.1 Å². The van der Waals surface area contributed by atoms with Gasteiger partial charge in [-0.1, -0.05) is 61.2 Å². The number of hydrogen-bond acceptors (Lipinski definition) is 3. The molecule has 1 atom stereocenters. The molecular formula is C27H36N2O3. The van der Waals surface area contributed by atoms with Crippen LogP contribution in [-0.2, 0) is 16.1 Å². The summed E-state index contributed by atoms with van der Waals surface area (Å²) >= 11 is 0. The highest BCUT2D eigenvalue weighted by Gasteiger charge is 2.28. The van der Waals surface area contributed by atoms with Gasteiger partial charge in [-0.3, -0.25) is 9.59 Å². The quantitative estimate of drug-likeness (QED) is 0.643. The van der Waals surface area contributed by atoms with Crippen LogP contribution >= 0.6 is 0 Å².